The van der Waals surface area contributed by atoms with E-state index in [0.29, 0.717) is 31.6 Å². The van der Waals surface area contributed by atoms with Gasteiger partial charge in [0.25, 0.3) is 5.91 Å². The van der Waals surface area contributed by atoms with E-state index in [4.69, 9.17) is 9.73 Å². The fourth-order valence-electron chi connectivity index (χ4n) is 4.16. The molecule has 1 atom stereocenters. The van der Waals surface area contributed by atoms with Gasteiger partial charge in [-0.1, -0.05) is 18.2 Å². The van der Waals surface area contributed by atoms with Crippen molar-refractivity contribution in [3.8, 4) is 5.75 Å². The molecule has 6 nitrogen and oxygen atoms in total. The zero-order valence-electron chi connectivity index (χ0n) is 18.5. The van der Waals surface area contributed by atoms with Crippen molar-refractivity contribution < 1.29 is 13.9 Å². The second kappa shape index (κ2) is 7.96. The first-order valence-corrected chi connectivity index (χ1v) is 10.5. The van der Waals surface area contributed by atoms with Gasteiger partial charge >= 0.3 is 0 Å². The van der Waals surface area contributed by atoms with Gasteiger partial charge in [0.15, 0.2) is 11.6 Å². The number of methoxy groups -OCH3 is 1. The summed E-state index contributed by atoms with van der Waals surface area (Å²) in [4.78, 5) is 19.9. The van der Waals surface area contributed by atoms with E-state index in [1.165, 1.54) is 19.2 Å². The molecule has 164 valence electrons. The van der Waals surface area contributed by atoms with E-state index in [-0.39, 0.29) is 17.2 Å². The van der Waals surface area contributed by atoms with E-state index < -0.39 is 11.4 Å². The normalized spacial score (nSPS) is 22.2. The molecule has 1 amide bonds. The van der Waals surface area contributed by atoms with E-state index in [2.05, 4.69) is 37.5 Å². The maximum absolute atomic E-state index is 14.2. The highest BCUT2D eigenvalue weighted by atomic mass is 19.1. The first-order valence-electron chi connectivity index (χ1n) is 10.5. The zero-order chi connectivity index (χ0) is 22.2. The van der Waals surface area contributed by atoms with E-state index in [1.54, 1.807) is 11.0 Å². The van der Waals surface area contributed by atoms with E-state index in [9.17, 15) is 9.18 Å². The number of carbonyl (C=O) groups excluding carboxylic acids is 1. The van der Waals surface area contributed by atoms with Crippen molar-refractivity contribution in [2.75, 3.05) is 25.5 Å². The number of carbonyl (C=O) groups is 1. The van der Waals surface area contributed by atoms with Gasteiger partial charge in [0.05, 0.1) is 18.2 Å². The van der Waals surface area contributed by atoms with Crippen LogP contribution < -0.4 is 15.4 Å². The molecule has 7 heteroatoms. The number of hydrogen-bond acceptors (Lipinski definition) is 4. The fraction of sp³-hybridized carbons (Fsp3) is 0.417. The van der Waals surface area contributed by atoms with Gasteiger partial charge in [0.1, 0.15) is 5.84 Å². The van der Waals surface area contributed by atoms with E-state index >= 15 is 0 Å². The van der Waals surface area contributed by atoms with Gasteiger partial charge in [-0.15, -0.1) is 0 Å². The molecule has 2 heterocycles. The predicted molar refractivity (Wildman–Crippen MR) is 120 cm³/mol. The van der Waals surface area contributed by atoms with Gasteiger partial charge in [-0.3, -0.25) is 15.1 Å². The molecule has 0 aromatic heterocycles. The van der Waals surface area contributed by atoms with Crippen molar-refractivity contribution in [3.05, 3.63) is 59.4 Å². The molecule has 0 aliphatic carbocycles. The number of ether oxygens (including phenoxy) is 1. The van der Waals surface area contributed by atoms with Crippen LogP contribution >= 0.6 is 0 Å². The average molecular weight is 425 g/mol. The number of amidine groups is 1. The third-order valence-corrected chi connectivity index (χ3v) is 5.74. The Kier molecular flexibility index (Phi) is 5.47. The molecule has 2 aromatic rings. The Hall–Kier alpha value is -2.93. The van der Waals surface area contributed by atoms with Gasteiger partial charge in [0, 0.05) is 30.9 Å². The minimum atomic E-state index is -0.540. The molecule has 1 saturated heterocycles. The lowest BCUT2D eigenvalue weighted by Crippen LogP contribution is -2.56. The van der Waals surface area contributed by atoms with Crippen molar-refractivity contribution in [1.82, 2.24) is 10.2 Å². The third-order valence-electron chi connectivity index (χ3n) is 5.74. The van der Waals surface area contributed by atoms with Crippen LogP contribution in [0.1, 0.15) is 43.1 Å². The fourth-order valence-corrected chi connectivity index (χ4v) is 4.16. The van der Waals surface area contributed by atoms with Crippen molar-refractivity contribution in [1.29, 1.82) is 0 Å². The zero-order valence-corrected chi connectivity index (χ0v) is 18.5. The maximum atomic E-state index is 14.2. The monoisotopic (exact) mass is 424 g/mol. The number of rotatable bonds is 2. The molecule has 4 rings (SSSR count). The molecule has 0 saturated carbocycles. The summed E-state index contributed by atoms with van der Waals surface area (Å²) in [5.74, 6) is 0.224. The van der Waals surface area contributed by atoms with Gasteiger partial charge in [-0.25, -0.2) is 4.39 Å². The van der Waals surface area contributed by atoms with Crippen molar-refractivity contribution in [2.45, 2.75) is 44.8 Å². The first kappa shape index (κ1) is 21.3. The Morgan fingerprint density at radius 2 is 2.00 bits per heavy atom. The largest absolute Gasteiger partial charge is 0.494 e. The summed E-state index contributed by atoms with van der Waals surface area (Å²) in [5.41, 5.74) is 1.72. The predicted octanol–water partition coefficient (Wildman–Crippen LogP) is 3.83. The Labute approximate surface area is 182 Å². The number of para-hydroxylation sites is 1. The smallest absolute Gasteiger partial charge is 0.254 e. The highest BCUT2D eigenvalue weighted by Crippen LogP contribution is 2.32. The van der Waals surface area contributed by atoms with Crippen LogP contribution in [0.25, 0.3) is 0 Å². The second-order valence-electron chi connectivity index (χ2n) is 9.18. The van der Waals surface area contributed by atoms with E-state index in [0.717, 1.165) is 17.1 Å². The average Bonchev–Trinajstić information content (AvgIpc) is 3.10. The lowest BCUT2D eigenvalue weighted by atomic mass is 9.95. The summed E-state index contributed by atoms with van der Waals surface area (Å²) in [7, 11) is 1.41. The van der Waals surface area contributed by atoms with Gasteiger partial charge in [-0.2, -0.15) is 0 Å². The highest BCUT2D eigenvalue weighted by molar-refractivity contribution is 6.05. The number of nitrogens with zero attached hydrogens (tertiary/aromatic N) is 2. The minimum absolute atomic E-state index is 0.126. The first-order chi connectivity index (χ1) is 14.7. The maximum Gasteiger partial charge on any atom is 0.254 e. The summed E-state index contributed by atoms with van der Waals surface area (Å²) in [6, 6.07) is 12.5. The second-order valence-corrected chi connectivity index (χ2v) is 9.18. The Bertz CT molecular complexity index is 1030. The van der Waals surface area contributed by atoms with Crippen LogP contribution in [-0.2, 0) is 6.54 Å². The van der Waals surface area contributed by atoms with E-state index in [1.807, 2.05) is 18.2 Å². The Morgan fingerprint density at radius 3 is 2.71 bits per heavy atom. The van der Waals surface area contributed by atoms with Crippen LogP contribution in [0.15, 0.2) is 47.5 Å². The number of halogens is 1. The van der Waals surface area contributed by atoms with Crippen LogP contribution in [0.2, 0.25) is 0 Å². The standard InChI is InChI=1S/C24H29FN4O2/c1-23(2,3)28-22-24(26-14-17-7-5-6-8-19(17)27-22)11-12-29(15-24)21(30)16-9-10-20(31-4)18(25)13-16/h5-10,13,26H,11-12,14-15H2,1-4H3,(H,27,28)/t24-/m1/s1. The van der Waals surface area contributed by atoms with Gasteiger partial charge < -0.3 is 15.0 Å². The number of aliphatic imine (C=N–C) groups is 1. The number of nitrogens with one attached hydrogen (secondary N) is 2. The number of fused-ring (bicyclic) bond motifs is 1. The van der Waals surface area contributed by atoms with Crippen LogP contribution in [0.4, 0.5) is 10.1 Å². The summed E-state index contributed by atoms with van der Waals surface area (Å²) >= 11 is 0. The molecule has 2 N–H and O–H groups in total. The third kappa shape index (κ3) is 4.28. The highest BCUT2D eigenvalue weighted by Gasteiger charge is 2.46. The number of hydrogen-bond donors (Lipinski definition) is 2. The van der Waals surface area contributed by atoms with Crippen LogP contribution in [-0.4, -0.2) is 47.9 Å². The molecule has 0 radical (unpaired) electrons. The van der Waals surface area contributed by atoms with Crippen molar-refractivity contribution in [3.63, 3.8) is 0 Å². The van der Waals surface area contributed by atoms with Crippen LogP contribution in [0.3, 0.4) is 0 Å². The number of benzene rings is 2. The van der Waals surface area contributed by atoms with Crippen molar-refractivity contribution >= 4 is 17.4 Å². The van der Waals surface area contributed by atoms with Gasteiger partial charge in [0.2, 0.25) is 0 Å². The summed E-state index contributed by atoms with van der Waals surface area (Å²) in [6.45, 7) is 7.86. The quantitative estimate of drug-likeness (QED) is 0.769. The summed E-state index contributed by atoms with van der Waals surface area (Å²) < 4.78 is 19.1. The molecule has 31 heavy (non-hydrogen) atoms. The van der Waals surface area contributed by atoms with Crippen LogP contribution in [0, 0.1) is 5.82 Å². The number of likely N-dealkylation sites (tertiary alicyclic amines) is 1. The van der Waals surface area contributed by atoms with Crippen molar-refractivity contribution in [2.24, 2.45) is 4.99 Å². The Balaban J connectivity index is 1.64. The molecule has 1 fully saturated rings. The Morgan fingerprint density at radius 1 is 1.23 bits per heavy atom. The molecule has 2 aliphatic rings. The lowest BCUT2D eigenvalue weighted by Gasteiger charge is -2.32. The molecular weight excluding hydrogens is 395 g/mol. The summed E-state index contributed by atoms with van der Waals surface area (Å²) in [5, 5.41) is 7.22. The SMILES string of the molecule is COc1ccc(C(=O)N2CC[C@]3(C2)NCc2ccccc2NC3=NC(C)(C)C)cc1F. The number of amides is 1. The molecule has 1 spiro atoms. The topological polar surface area (TPSA) is 66.0 Å². The number of anilines is 1. The lowest BCUT2D eigenvalue weighted by molar-refractivity contribution is 0.0785. The molecule has 2 aromatic carbocycles. The van der Waals surface area contributed by atoms with Crippen LogP contribution in [0.5, 0.6) is 5.75 Å². The minimum Gasteiger partial charge on any atom is -0.494 e. The van der Waals surface area contributed by atoms with Gasteiger partial charge in [-0.05, 0) is 57.0 Å². The molecule has 0 bridgehead atoms. The summed E-state index contributed by atoms with van der Waals surface area (Å²) in [6.07, 6.45) is 0.716. The molecule has 2 aliphatic heterocycles. The molecule has 0 unspecified atom stereocenters. The molecular formula is C24H29FN4O2.